The summed E-state index contributed by atoms with van der Waals surface area (Å²) < 4.78 is 21.8. The maximum absolute atomic E-state index is 10.7. The first-order valence-electron chi connectivity index (χ1n) is 19.5. The highest BCUT2D eigenvalue weighted by molar-refractivity contribution is 5.92. The van der Waals surface area contributed by atoms with E-state index in [9.17, 15) is 30.3 Å². The topological polar surface area (TPSA) is 320 Å². The van der Waals surface area contributed by atoms with Gasteiger partial charge < -0.3 is 41.9 Å². The number of nitrogens with two attached hydrogens (primary N) is 4. The number of para-hydroxylation sites is 1. The van der Waals surface area contributed by atoms with Crippen LogP contribution in [0.3, 0.4) is 0 Å². The SMILES string of the molecule is CC1Oc2cc([N+](=O)[O-])ccc2N=C1N.CC1Oc2ccc(Cc3ccccc3)cc2N=C1N.CC1Oc2ccc([N+](=O)[O-])cc2N=C1N.CC1Oc2cccc([N+](=O)[O-])c2N=C1N. The number of aliphatic imine (C=N–C) groups is 4. The van der Waals surface area contributed by atoms with Crippen molar-refractivity contribution < 1.29 is 33.7 Å². The quantitative estimate of drug-likeness (QED) is 0.101. The number of fused-ring (bicyclic) bond motifs is 4. The highest BCUT2D eigenvalue weighted by Crippen LogP contribution is 2.40. The molecule has 0 fully saturated rings. The van der Waals surface area contributed by atoms with Gasteiger partial charge in [0.25, 0.3) is 17.1 Å². The monoisotopic (exact) mass is 873 g/mol. The summed E-state index contributed by atoms with van der Waals surface area (Å²) in [4.78, 5) is 46.8. The smallest absolute Gasteiger partial charge is 0.298 e. The molecule has 5 aromatic carbocycles. The minimum absolute atomic E-state index is 0.0170. The molecule has 0 bridgehead atoms. The molecule has 4 aliphatic rings. The summed E-state index contributed by atoms with van der Waals surface area (Å²) in [6.07, 6.45) is -0.246. The van der Waals surface area contributed by atoms with Crippen LogP contribution in [-0.2, 0) is 6.42 Å². The Bertz CT molecular complexity index is 2730. The molecule has 4 aliphatic heterocycles. The summed E-state index contributed by atoms with van der Waals surface area (Å²) >= 11 is 0. The molecule has 64 heavy (non-hydrogen) atoms. The maximum Gasteiger partial charge on any atom is 0.298 e. The fourth-order valence-electron chi connectivity index (χ4n) is 6.08. The van der Waals surface area contributed by atoms with E-state index in [4.69, 9.17) is 41.9 Å². The Morgan fingerprint density at radius 1 is 0.469 bits per heavy atom. The molecule has 21 heteroatoms. The zero-order valence-corrected chi connectivity index (χ0v) is 34.9. The first-order valence-corrected chi connectivity index (χ1v) is 19.5. The van der Waals surface area contributed by atoms with E-state index in [1.165, 1.54) is 53.6 Å². The van der Waals surface area contributed by atoms with Gasteiger partial charge >= 0.3 is 0 Å². The minimum Gasteiger partial charge on any atom is -0.481 e. The van der Waals surface area contributed by atoms with E-state index in [0.29, 0.717) is 46.1 Å². The number of rotatable bonds is 5. The van der Waals surface area contributed by atoms with Crippen LogP contribution in [0.5, 0.6) is 23.0 Å². The van der Waals surface area contributed by atoms with Gasteiger partial charge in [0.2, 0.25) is 0 Å². The van der Waals surface area contributed by atoms with Crippen LogP contribution in [0.15, 0.2) is 123 Å². The van der Waals surface area contributed by atoms with Gasteiger partial charge in [0.15, 0.2) is 41.6 Å². The number of hydrogen-bond acceptors (Lipinski definition) is 18. The molecular weight excluding hydrogens is 831 g/mol. The van der Waals surface area contributed by atoms with E-state index in [-0.39, 0.29) is 53.0 Å². The molecule has 21 nitrogen and oxygen atoms in total. The number of nitro groups is 3. The van der Waals surface area contributed by atoms with E-state index < -0.39 is 14.8 Å². The standard InChI is InChI=1S/C16H16N2O.3C9H9N3O3/c1-11-16(17)18-14-10-13(7-8-15(14)19-11)9-12-5-3-2-4-6-12;1-5-9(10)11-7-4-6(12(13)14)2-3-8(7)15-5;1-5-9(10)11-7-3-2-6(12(13)14)4-8(7)15-5;1-5-9(10)11-8-6(12(13)14)3-2-4-7(8)15-5/h2-8,10-11H,9H2,1H3,(H2,17,18);3*2-5H,1H3,(H2,10,11). The predicted molar refractivity (Wildman–Crippen MR) is 240 cm³/mol. The number of hydrogen-bond donors (Lipinski definition) is 4. The van der Waals surface area contributed by atoms with Crippen LogP contribution >= 0.6 is 0 Å². The first kappa shape index (κ1) is 44.9. The lowest BCUT2D eigenvalue weighted by molar-refractivity contribution is -0.385. The molecule has 4 unspecified atom stereocenters. The predicted octanol–water partition coefficient (Wildman–Crippen LogP) is 7.14. The van der Waals surface area contributed by atoms with Crippen LogP contribution in [-0.4, -0.2) is 62.5 Å². The van der Waals surface area contributed by atoms with Gasteiger partial charge in [-0.2, -0.15) is 0 Å². The van der Waals surface area contributed by atoms with Crippen molar-refractivity contribution >= 4 is 63.2 Å². The molecule has 0 spiro atoms. The Balaban J connectivity index is 0.000000143. The molecular formula is C43H43N11O10. The molecule has 9 rings (SSSR count). The summed E-state index contributed by atoms with van der Waals surface area (Å²) in [7, 11) is 0. The fraction of sp³-hybridized carbons (Fsp3) is 0.209. The summed E-state index contributed by atoms with van der Waals surface area (Å²) in [6, 6.07) is 29.5. The Hall–Kier alpha value is -8.62. The van der Waals surface area contributed by atoms with Crippen molar-refractivity contribution in [2.45, 2.75) is 58.5 Å². The van der Waals surface area contributed by atoms with Crippen molar-refractivity contribution in [3.63, 3.8) is 0 Å². The molecule has 0 saturated heterocycles. The number of nitro benzene ring substituents is 3. The molecule has 8 N–H and O–H groups in total. The van der Waals surface area contributed by atoms with E-state index in [0.717, 1.165) is 17.9 Å². The zero-order chi connectivity index (χ0) is 46.2. The Morgan fingerprint density at radius 3 is 1.53 bits per heavy atom. The minimum atomic E-state index is -0.505. The first-order chi connectivity index (χ1) is 30.5. The normalized spacial score (nSPS) is 18.3. The van der Waals surface area contributed by atoms with Crippen LogP contribution in [0.1, 0.15) is 38.8 Å². The van der Waals surface area contributed by atoms with Crippen LogP contribution < -0.4 is 41.9 Å². The van der Waals surface area contributed by atoms with E-state index >= 15 is 0 Å². The van der Waals surface area contributed by atoms with Crippen molar-refractivity contribution in [3.8, 4) is 23.0 Å². The van der Waals surface area contributed by atoms with Gasteiger partial charge in [0, 0.05) is 24.3 Å². The van der Waals surface area contributed by atoms with Gasteiger partial charge in [0.05, 0.1) is 20.8 Å². The van der Waals surface area contributed by atoms with Gasteiger partial charge in [-0.15, -0.1) is 0 Å². The van der Waals surface area contributed by atoms with E-state index in [1.54, 1.807) is 32.9 Å². The summed E-state index contributed by atoms with van der Waals surface area (Å²) in [5.41, 5.74) is 26.8. The van der Waals surface area contributed by atoms with Gasteiger partial charge in [-0.05, 0) is 75.6 Å². The van der Waals surface area contributed by atoms with Gasteiger partial charge in [0.1, 0.15) is 51.9 Å². The third-order valence-electron chi connectivity index (χ3n) is 9.63. The van der Waals surface area contributed by atoms with Crippen molar-refractivity contribution in [1.29, 1.82) is 0 Å². The molecule has 4 heterocycles. The average molecular weight is 874 g/mol. The van der Waals surface area contributed by atoms with Crippen molar-refractivity contribution in [1.82, 2.24) is 0 Å². The van der Waals surface area contributed by atoms with Crippen molar-refractivity contribution in [2.75, 3.05) is 0 Å². The summed E-state index contributed by atoms with van der Waals surface area (Å²) in [5.74, 6) is 3.58. The number of non-ortho nitro benzene ring substituents is 2. The van der Waals surface area contributed by atoms with Gasteiger partial charge in [-0.3, -0.25) is 30.3 Å². The molecule has 0 aromatic heterocycles. The highest BCUT2D eigenvalue weighted by Gasteiger charge is 2.26. The molecule has 330 valence electrons. The van der Waals surface area contributed by atoms with E-state index in [2.05, 4.69) is 50.3 Å². The molecule has 0 amide bonds. The molecule has 0 saturated carbocycles. The number of benzene rings is 5. The highest BCUT2D eigenvalue weighted by atomic mass is 16.6. The lowest BCUT2D eigenvalue weighted by Crippen LogP contribution is -2.33. The maximum atomic E-state index is 10.7. The van der Waals surface area contributed by atoms with Crippen LogP contribution in [0.2, 0.25) is 0 Å². The summed E-state index contributed by atoms with van der Waals surface area (Å²) in [6.45, 7) is 7.14. The Kier molecular flexibility index (Phi) is 13.6. The number of nitrogens with zero attached hydrogens (tertiary/aromatic N) is 7. The fourth-order valence-corrected chi connectivity index (χ4v) is 6.08. The van der Waals surface area contributed by atoms with Crippen LogP contribution in [0.25, 0.3) is 0 Å². The van der Waals surface area contributed by atoms with Gasteiger partial charge in [-0.1, -0.05) is 42.5 Å². The molecule has 0 radical (unpaired) electrons. The lowest BCUT2D eigenvalue weighted by atomic mass is 10.0. The number of ether oxygens (including phenoxy) is 4. The third kappa shape index (κ3) is 10.8. The van der Waals surface area contributed by atoms with Crippen LogP contribution in [0.4, 0.5) is 39.8 Å². The molecule has 0 aliphatic carbocycles. The Morgan fingerprint density at radius 2 is 0.953 bits per heavy atom. The zero-order valence-electron chi connectivity index (χ0n) is 34.9. The largest absolute Gasteiger partial charge is 0.481 e. The van der Waals surface area contributed by atoms with Crippen LogP contribution in [0, 0.1) is 30.3 Å². The molecule has 4 atom stereocenters. The number of amidine groups is 4. The van der Waals surface area contributed by atoms with E-state index in [1.807, 2.05) is 25.1 Å². The second kappa shape index (κ2) is 19.4. The van der Waals surface area contributed by atoms with Crippen molar-refractivity contribution in [2.24, 2.45) is 42.9 Å². The second-order valence-corrected chi connectivity index (χ2v) is 14.4. The second-order valence-electron chi connectivity index (χ2n) is 14.4. The van der Waals surface area contributed by atoms with Gasteiger partial charge in [-0.25, -0.2) is 20.0 Å². The summed E-state index contributed by atoms with van der Waals surface area (Å²) in [5, 5.41) is 31.7. The third-order valence-corrected chi connectivity index (χ3v) is 9.63. The lowest BCUT2D eigenvalue weighted by Gasteiger charge is -2.21. The molecule has 5 aromatic rings. The average Bonchev–Trinajstić information content (AvgIpc) is 3.26. The van der Waals surface area contributed by atoms with Crippen molar-refractivity contribution in [3.05, 3.63) is 145 Å². The Labute approximate surface area is 365 Å².